The van der Waals surface area contributed by atoms with Crippen molar-refractivity contribution in [2.24, 2.45) is 0 Å². The van der Waals surface area contributed by atoms with Crippen molar-refractivity contribution in [1.82, 2.24) is 9.97 Å². The third kappa shape index (κ3) is 3.84. The molecule has 0 radical (unpaired) electrons. The number of hydrogen-bond donors (Lipinski definition) is 1. The summed E-state index contributed by atoms with van der Waals surface area (Å²) in [6.45, 7) is 8.70. The summed E-state index contributed by atoms with van der Waals surface area (Å²) in [4.78, 5) is 13.7. The smallest absolute Gasteiger partial charge is 0.223 e. The summed E-state index contributed by atoms with van der Waals surface area (Å²) < 4.78 is 0. The van der Waals surface area contributed by atoms with E-state index in [1.54, 1.807) is 11.3 Å². The van der Waals surface area contributed by atoms with E-state index < -0.39 is 0 Å². The number of fused-ring (bicyclic) bond motifs is 1. The zero-order valence-electron chi connectivity index (χ0n) is 13.4. The fourth-order valence-electron chi connectivity index (χ4n) is 2.41. The van der Waals surface area contributed by atoms with Crippen LogP contribution in [-0.4, -0.2) is 23.1 Å². The van der Waals surface area contributed by atoms with Gasteiger partial charge < -0.3 is 10.6 Å². The molecule has 0 aromatic carbocycles. The molecule has 0 unspecified atom stereocenters. The van der Waals surface area contributed by atoms with E-state index in [0.717, 1.165) is 30.2 Å². The first-order chi connectivity index (χ1) is 10.2. The van der Waals surface area contributed by atoms with E-state index in [1.165, 1.54) is 35.9 Å². The van der Waals surface area contributed by atoms with Gasteiger partial charge in [-0.05, 0) is 25.3 Å². The van der Waals surface area contributed by atoms with E-state index in [9.17, 15) is 0 Å². The molecule has 2 aromatic heterocycles. The van der Waals surface area contributed by atoms with Gasteiger partial charge in [0.2, 0.25) is 5.95 Å². The lowest BCUT2D eigenvalue weighted by Gasteiger charge is -2.24. The lowest BCUT2D eigenvalue weighted by Crippen LogP contribution is -2.27. The second-order valence-corrected chi connectivity index (χ2v) is 6.50. The van der Waals surface area contributed by atoms with Gasteiger partial charge in [0, 0.05) is 18.0 Å². The van der Waals surface area contributed by atoms with Gasteiger partial charge in [0.1, 0.15) is 10.6 Å². The Kier molecular flexibility index (Phi) is 5.79. The van der Waals surface area contributed by atoms with Gasteiger partial charge in [-0.3, -0.25) is 0 Å². The molecule has 0 bridgehead atoms. The van der Waals surface area contributed by atoms with Crippen LogP contribution in [-0.2, 0) is 6.42 Å². The largest absolute Gasteiger partial charge is 0.368 e. The highest BCUT2D eigenvalue weighted by Gasteiger charge is 2.15. The third-order valence-electron chi connectivity index (χ3n) is 3.65. The van der Waals surface area contributed by atoms with Gasteiger partial charge in [-0.1, -0.05) is 33.6 Å². The van der Waals surface area contributed by atoms with Gasteiger partial charge in [-0.25, -0.2) is 4.98 Å². The highest BCUT2D eigenvalue weighted by atomic mass is 32.1. The fourth-order valence-corrected chi connectivity index (χ4v) is 3.38. The lowest BCUT2D eigenvalue weighted by molar-refractivity contribution is 0.673. The van der Waals surface area contributed by atoms with Crippen molar-refractivity contribution >= 4 is 33.3 Å². The minimum absolute atomic E-state index is 0.389. The van der Waals surface area contributed by atoms with Crippen molar-refractivity contribution in [2.75, 3.05) is 23.7 Å². The number of aryl methyl sites for hydroxylation is 1. The number of nitrogen functional groups attached to an aromatic ring is 1. The number of anilines is 2. The van der Waals surface area contributed by atoms with E-state index >= 15 is 0 Å². The van der Waals surface area contributed by atoms with Crippen molar-refractivity contribution in [1.29, 1.82) is 0 Å². The molecule has 21 heavy (non-hydrogen) atoms. The zero-order valence-corrected chi connectivity index (χ0v) is 14.2. The second kappa shape index (κ2) is 7.59. The normalized spacial score (nSPS) is 11.2. The molecule has 0 saturated heterocycles. The minimum Gasteiger partial charge on any atom is -0.368 e. The SMILES string of the molecule is CCCCN(CCCC)c1nc(N)nc2sc(CC)cc12. The van der Waals surface area contributed by atoms with E-state index in [0.29, 0.717) is 5.95 Å². The maximum atomic E-state index is 5.93. The highest BCUT2D eigenvalue weighted by molar-refractivity contribution is 7.18. The average molecular weight is 306 g/mol. The number of hydrogen-bond acceptors (Lipinski definition) is 5. The molecule has 2 heterocycles. The first-order valence-corrected chi connectivity index (χ1v) is 8.82. The van der Waals surface area contributed by atoms with Crippen LogP contribution in [0.1, 0.15) is 51.3 Å². The van der Waals surface area contributed by atoms with Crippen LogP contribution in [0.25, 0.3) is 10.2 Å². The van der Waals surface area contributed by atoms with Crippen LogP contribution in [0.15, 0.2) is 6.07 Å². The Morgan fingerprint density at radius 2 is 1.76 bits per heavy atom. The molecule has 0 aliphatic heterocycles. The molecule has 5 heteroatoms. The molecule has 2 aromatic rings. The molecule has 116 valence electrons. The summed E-state index contributed by atoms with van der Waals surface area (Å²) in [5.74, 6) is 1.41. The van der Waals surface area contributed by atoms with Crippen LogP contribution in [0.2, 0.25) is 0 Å². The zero-order chi connectivity index (χ0) is 15.2. The lowest BCUT2D eigenvalue weighted by atomic mass is 10.2. The Morgan fingerprint density at radius 3 is 2.33 bits per heavy atom. The Bertz CT molecular complexity index is 571. The van der Waals surface area contributed by atoms with Gasteiger partial charge in [-0.15, -0.1) is 11.3 Å². The molecule has 0 atom stereocenters. The van der Waals surface area contributed by atoms with Crippen LogP contribution in [0.5, 0.6) is 0 Å². The predicted octanol–water partition coefficient (Wildman–Crippen LogP) is 4.24. The van der Waals surface area contributed by atoms with Gasteiger partial charge in [-0.2, -0.15) is 4.98 Å². The Balaban J connectivity index is 2.41. The van der Waals surface area contributed by atoms with E-state index in [2.05, 4.69) is 41.7 Å². The number of aromatic nitrogens is 2. The summed E-state index contributed by atoms with van der Waals surface area (Å²) >= 11 is 1.73. The number of unbranched alkanes of at least 4 members (excludes halogenated alkanes) is 2. The van der Waals surface area contributed by atoms with Crippen molar-refractivity contribution in [3.8, 4) is 0 Å². The van der Waals surface area contributed by atoms with Crippen LogP contribution < -0.4 is 10.6 Å². The van der Waals surface area contributed by atoms with Gasteiger partial charge >= 0.3 is 0 Å². The standard InChI is InChI=1S/C16H26N4S/c1-4-7-9-20(10-8-5-2)14-13-11-12(6-3)21-15(13)19-16(17)18-14/h11H,4-10H2,1-3H3,(H2,17,18,19). The Morgan fingerprint density at radius 1 is 1.10 bits per heavy atom. The molecule has 0 fully saturated rings. The number of nitrogens with zero attached hydrogens (tertiary/aromatic N) is 3. The minimum atomic E-state index is 0.389. The Hall–Kier alpha value is -1.36. The van der Waals surface area contributed by atoms with Crippen LogP contribution in [0.3, 0.4) is 0 Å². The summed E-state index contributed by atoms with van der Waals surface area (Å²) in [6, 6.07) is 2.24. The molecule has 0 aliphatic carbocycles. The molecule has 0 spiro atoms. The van der Waals surface area contributed by atoms with E-state index in [-0.39, 0.29) is 0 Å². The molecule has 2 rings (SSSR count). The maximum Gasteiger partial charge on any atom is 0.223 e. The van der Waals surface area contributed by atoms with Crippen molar-refractivity contribution in [2.45, 2.75) is 52.9 Å². The monoisotopic (exact) mass is 306 g/mol. The molecule has 0 saturated carbocycles. The number of rotatable bonds is 8. The molecular formula is C16H26N4S. The van der Waals surface area contributed by atoms with Crippen molar-refractivity contribution in [3.63, 3.8) is 0 Å². The van der Waals surface area contributed by atoms with Crippen molar-refractivity contribution in [3.05, 3.63) is 10.9 Å². The van der Waals surface area contributed by atoms with E-state index in [1.807, 2.05) is 0 Å². The third-order valence-corrected chi connectivity index (χ3v) is 4.83. The molecule has 2 N–H and O–H groups in total. The highest BCUT2D eigenvalue weighted by Crippen LogP contribution is 2.32. The van der Waals surface area contributed by atoms with E-state index in [4.69, 9.17) is 5.73 Å². The van der Waals surface area contributed by atoms with Gasteiger partial charge in [0.05, 0.1) is 5.39 Å². The Labute approximate surface area is 131 Å². The summed E-state index contributed by atoms with van der Waals surface area (Å²) in [6.07, 6.45) is 5.77. The number of thiophene rings is 1. The fraction of sp³-hybridized carbons (Fsp3) is 0.625. The average Bonchev–Trinajstić information content (AvgIpc) is 2.89. The maximum absolute atomic E-state index is 5.93. The second-order valence-electron chi connectivity index (χ2n) is 5.38. The summed E-state index contributed by atoms with van der Waals surface area (Å²) in [7, 11) is 0. The first-order valence-electron chi connectivity index (χ1n) is 8.00. The van der Waals surface area contributed by atoms with Crippen LogP contribution in [0.4, 0.5) is 11.8 Å². The quantitative estimate of drug-likeness (QED) is 0.792. The number of nitrogens with two attached hydrogens (primary N) is 1. The predicted molar refractivity (Wildman–Crippen MR) is 93.2 cm³/mol. The van der Waals surface area contributed by atoms with Crippen LogP contribution >= 0.6 is 11.3 Å². The summed E-state index contributed by atoms with van der Waals surface area (Å²) in [5.41, 5.74) is 5.93. The van der Waals surface area contributed by atoms with Gasteiger partial charge in [0.15, 0.2) is 0 Å². The van der Waals surface area contributed by atoms with Crippen molar-refractivity contribution < 1.29 is 0 Å². The van der Waals surface area contributed by atoms with Gasteiger partial charge in [0.25, 0.3) is 0 Å². The molecular weight excluding hydrogens is 280 g/mol. The molecule has 0 amide bonds. The summed E-state index contributed by atoms with van der Waals surface area (Å²) in [5, 5.41) is 1.17. The first kappa shape index (κ1) is 16.0. The molecule has 4 nitrogen and oxygen atoms in total. The van der Waals surface area contributed by atoms with Crippen LogP contribution in [0, 0.1) is 0 Å². The molecule has 0 aliphatic rings. The topological polar surface area (TPSA) is 55.0 Å².